The van der Waals surface area contributed by atoms with Crippen molar-refractivity contribution in [1.82, 2.24) is 15.3 Å². The molecule has 0 unspecified atom stereocenters. The highest BCUT2D eigenvalue weighted by Crippen LogP contribution is 2.18. The fraction of sp³-hybridized carbons (Fsp3) is 0.538. The van der Waals surface area contributed by atoms with Crippen LogP contribution in [-0.4, -0.2) is 44.3 Å². The number of carbonyl (C=O) groups is 1. The summed E-state index contributed by atoms with van der Waals surface area (Å²) in [4.78, 5) is 18.4. The molecule has 1 saturated carbocycles. The largest absolute Gasteiger partial charge is 0.390 e. The van der Waals surface area contributed by atoms with Gasteiger partial charge in [0.05, 0.1) is 36.5 Å². The monoisotopic (exact) mass is 265 g/mol. The molecule has 1 heterocycles. The van der Waals surface area contributed by atoms with Gasteiger partial charge in [-0.3, -0.25) is 4.79 Å². The topological polar surface area (TPSA) is 98.2 Å². The quantitative estimate of drug-likeness (QED) is 0.463. The Hall–Kier alpha value is -1.66. The van der Waals surface area contributed by atoms with Crippen LogP contribution >= 0.6 is 0 Å². The van der Waals surface area contributed by atoms with E-state index in [4.69, 9.17) is 0 Å². The Kier molecular flexibility index (Phi) is 4.70. The average Bonchev–Trinajstić information content (AvgIpc) is 2.87. The van der Waals surface area contributed by atoms with E-state index in [2.05, 4.69) is 15.3 Å². The number of rotatable bonds is 3. The van der Waals surface area contributed by atoms with E-state index in [1.54, 1.807) is 12.3 Å². The molecule has 6 heteroatoms. The van der Waals surface area contributed by atoms with Crippen LogP contribution in [-0.2, 0) is 4.79 Å². The number of nitrogens with zero attached hydrogens (tertiary/aromatic N) is 1. The van der Waals surface area contributed by atoms with Crippen LogP contribution in [0.15, 0.2) is 18.6 Å². The first-order valence-electron chi connectivity index (χ1n) is 6.50. The van der Waals surface area contributed by atoms with Crippen LogP contribution < -0.4 is 5.32 Å². The van der Waals surface area contributed by atoms with Crippen LogP contribution in [0.1, 0.15) is 31.4 Å². The van der Waals surface area contributed by atoms with Gasteiger partial charge in [0.25, 0.3) is 0 Å². The third-order valence-electron chi connectivity index (χ3n) is 3.33. The molecular weight excluding hydrogens is 246 g/mol. The van der Waals surface area contributed by atoms with Gasteiger partial charge in [-0.25, -0.2) is 4.98 Å². The van der Waals surface area contributed by atoms with Crippen molar-refractivity contribution in [2.24, 2.45) is 0 Å². The number of aliphatic hydroxyl groups excluding tert-OH is 2. The molecule has 3 atom stereocenters. The number of hydrogen-bond acceptors (Lipinski definition) is 4. The van der Waals surface area contributed by atoms with Crippen molar-refractivity contribution < 1.29 is 15.0 Å². The standard InChI is InChI=1S/C13H19N3O3/c17-11-4-2-1-3-10(13(11)19)16-12(18)6-5-9-7-14-8-15-9/h5-8,10-11,13,17,19H,1-4H2,(H,14,15)(H,16,18)/b6-5+/t10-,11-,13-/m1/s1. The second-order valence-corrected chi connectivity index (χ2v) is 4.80. The normalized spacial score (nSPS) is 28.2. The lowest BCUT2D eigenvalue weighted by molar-refractivity contribution is -0.118. The van der Waals surface area contributed by atoms with Gasteiger partial charge in [-0.2, -0.15) is 0 Å². The van der Waals surface area contributed by atoms with Crippen molar-refractivity contribution in [3.05, 3.63) is 24.3 Å². The molecule has 1 aromatic heterocycles. The molecule has 4 N–H and O–H groups in total. The Balaban J connectivity index is 1.90. The minimum atomic E-state index is -0.896. The van der Waals surface area contributed by atoms with Gasteiger partial charge >= 0.3 is 0 Å². The summed E-state index contributed by atoms with van der Waals surface area (Å²) in [6, 6.07) is -0.392. The smallest absolute Gasteiger partial charge is 0.244 e. The molecule has 0 spiro atoms. The van der Waals surface area contributed by atoms with E-state index in [0.717, 1.165) is 18.5 Å². The van der Waals surface area contributed by atoms with Gasteiger partial charge in [0.1, 0.15) is 0 Å². The van der Waals surface area contributed by atoms with Gasteiger partial charge in [-0.05, 0) is 18.9 Å². The zero-order valence-electron chi connectivity index (χ0n) is 10.6. The molecule has 1 aliphatic carbocycles. The SMILES string of the molecule is O=C(/C=C/c1cnc[nH]1)N[C@@H]1CCCC[C@@H](O)[C@@H]1O. The molecule has 0 radical (unpaired) electrons. The van der Waals surface area contributed by atoms with Crippen LogP contribution in [0.5, 0.6) is 0 Å². The maximum absolute atomic E-state index is 11.7. The number of hydrogen-bond donors (Lipinski definition) is 4. The Bertz CT molecular complexity index is 430. The first kappa shape index (κ1) is 13.8. The summed E-state index contributed by atoms with van der Waals surface area (Å²) in [7, 11) is 0. The first-order valence-corrected chi connectivity index (χ1v) is 6.50. The van der Waals surface area contributed by atoms with Crippen LogP contribution in [0, 0.1) is 0 Å². The van der Waals surface area contributed by atoms with Gasteiger partial charge in [0.2, 0.25) is 5.91 Å². The van der Waals surface area contributed by atoms with Crippen LogP contribution in [0.25, 0.3) is 6.08 Å². The third-order valence-corrected chi connectivity index (χ3v) is 3.33. The van der Waals surface area contributed by atoms with Crippen molar-refractivity contribution in [2.45, 2.75) is 43.9 Å². The molecular formula is C13H19N3O3. The van der Waals surface area contributed by atoms with Crippen LogP contribution in [0.2, 0.25) is 0 Å². The summed E-state index contributed by atoms with van der Waals surface area (Å²) in [6.45, 7) is 0. The fourth-order valence-corrected chi connectivity index (χ4v) is 2.24. The van der Waals surface area contributed by atoms with Crippen LogP contribution in [0.3, 0.4) is 0 Å². The van der Waals surface area contributed by atoms with Gasteiger partial charge in [-0.15, -0.1) is 0 Å². The summed E-state index contributed by atoms with van der Waals surface area (Å²) in [5.41, 5.74) is 0.733. The van der Waals surface area contributed by atoms with Crippen LogP contribution in [0.4, 0.5) is 0 Å². The summed E-state index contributed by atoms with van der Waals surface area (Å²) in [6.07, 6.45) is 7.50. The molecule has 1 amide bonds. The van der Waals surface area contributed by atoms with Gasteiger partial charge in [0, 0.05) is 6.08 Å². The number of H-pyrrole nitrogens is 1. The summed E-state index contributed by atoms with van der Waals surface area (Å²) in [5.74, 6) is -0.284. The molecule has 0 aromatic carbocycles. The molecule has 104 valence electrons. The molecule has 2 rings (SSSR count). The predicted molar refractivity (Wildman–Crippen MR) is 70.0 cm³/mol. The zero-order chi connectivity index (χ0) is 13.7. The number of imidazole rings is 1. The maximum Gasteiger partial charge on any atom is 0.244 e. The first-order chi connectivity index (χ1) is 9.16. The van der Waals surface area contributed by atoms with Crippen molar-refractivity contribution >= 4 is 12.0 Å². The predicted octanol–water partition coefficient (Wildman–Crippen LogP) is 0.203. The Morgan fingerprint density at radius 3 is 2.95 bits per heavy atom. The Morgan fingerprint density at radius 1 is 1.42 bits per heavy atom. The number of aromatic nitrogens is 2. The molecule has 6 nitrogen and oxygen atoms in total. The van der Waals surface area contributed by atoms with E-state index in [1.165, 1.54) is 12.4 Å². The van der Waals surface area contributed by atoms with E-state index >= 15 is 0 Å². The lowest BCUT2D eigenvalue weighted by Crippen LogP contribution is -2.47. The number of nitrogens with one attached hydrogen (secondary N) is 2. The summed E-state index contributed by atoms with van der Waals surface area (Å²) < 4.78 is 0. The number of amides is 1. The minimum Gasteiger partial charge on any atom is -0.390 e. The number of aromatic amines is 1. The molecule has 1 aromatic rings. The third kappa shape index (κ3) is 3.90. The van der Waals surface area contributed by atoms with E-state index < -0.39 is 18.2 Å². The second kappa shape index (κ2) is 6.49. The highest BCUT2D eigenvalue weighted by atomic mass is 16.3. The van der Waals surface area contributed by atoms with Crippen molar-refractivity contribution in [3.63, 3.8) is 0 Å². The van der Waals surface area contributed by atoms with Crippen molar-refractivity contribution in [3.8, 4) is 0 Å². The molecule has 19 heavy (non-hydrogen) atoms. The molecule has 0 aliphatic heterocycles. The molecule has 0 saturated heterocycles. The molecule has 0 bridgehead atoms. The van der Waals surface area contributed by atoms with E-state index in [9.17, 15) is 15.0 Å². The Morgan fingerprint density at radius 2 is 2.21 bits per heavy atom. The second-order valence-electron chi connectivity index (χ2n) is 4.80. The van der Waals surface area contributed by atoms with Crippen molar-refractivity contribution in [1.29, 1.82) is 0 Å². The number of aliphatic hydroxyl groups is 2. The lowest BCUT2D eigenvalue weighted by atomic mass is 10.0. The number of carbonyl (C=O) groups excluding carboxylic acids is 1. The minimum absolute atomic E-state index is 0.284. The average molecular weight is 265 g/mol. The van der Waals surface area contributed by atoms with Gasteiger partial charge < -0.3 is 20.5 Å². The van der Waals surface area contributed by atoms with Crippen molar-refractivity contribution in [2.75, 3.05) is 0 Å². The molecule has 1 fully saturated rings. The highest BCUT2D eigenvalue weighted by Gasteiger charge is 2.29. The van der Waals surface area contributed by atoms with Gasteiger partial charge in [-0.1, -0.05) is 12.8 Å². The fourth-order valence-electron chi connectivity index (χ4n) is 2.24. The lowest BCUT2D eigenvalue weighted by Gasteiger charge is -2.24. The van der Waals surface area contributed by atoms with E-state index in [1.807, 2.05) is 0 Å². The maximum atomic E-state index is 11.7. The summed E-state index contributed by atoms with van der Waals surface area (Å²) >= 11 is 0. The molecule has 1 aliphatic rings. The van der Waals surface area contributed by atoms with Gasteiger partial charge in [0.15, 0.2) is 0 Å². The van der Waals surface area contributed by atoms with E-state index in [0.29, 0.717) is 12.8 Å². The highest BCUT2D eigenvalue weighted by molar-refractivity contribution is 5.91. The van der Waals surface area contributed by atoms with E-state index in [-0.39, 0.29) is 5.91 Å². The Labute approximate surface area is 111 Å². The summed E-state index contributed by atoms with van der Waals surface area (Å²) in [5, 5.41) is 22.3. The zero-order valence-corrected chi connectivity index (χ0v) is 10.6.